The summed E-state index contributed by atoms with van der Waals surface area (Å²) in [5.41, 5.74) is 3.72. The fourth-order valence-electron chi connectivity index (χ4n) is 1.84. The van der Waals surface area contributed by atoms with E-state index in [2.05, 4.69) is 26.3 Å². The molecule has 0 spiro atoms. The number of halogens is 1. The van der Waals surface area contributed by atoms with Crippen LogP contribution in [0.1, 0.15) is 27.3 Å². The van der Waals surface area contributed by atoms with Crippen molar-refractivity contribution in [2.45, 2.75) is 18.8 Å². The maximum atomic E-state index is 12.0. The number of benzene rings is 1. The zero-order chi connectivity index (χ0) is 13.8. The van der Waals surface area contributed by atoms with Crippen molar-refractivity contribution in [3.05, 3.63) is 52.8 Å². The Morgan fingerprint density at radius 2 is 1.95 bits per heavy atom. The van der Waals surface area contributed by atoms with Gasteiger partial charge in [0.25, 0.3) is 5.91 Å². The van der Waals surface area contributed by atoms with Crippen LogP contribution in [0.4, 0.5) is 0 Å². The zero-order valence-corrected chi connectivity index (χ0v) is 12.6. The van der Waals surface area contributed by atoms with E-state index < -0.39 is 0 Å². The second-order valence-corrected chi connectivity index (χ2v) is 4.99. The Labute approximate surface area is 120 Å². The van der Waals surface area contributed by atoms with Crippen LogP contribution in [-0.2, 0) is 18.9 Å². The van der Waals surface area contributed by atoms with Crippen molar-refractivity contribution in [1.82, 2.24) is 15.1 Å². The number of nitrogens with one attached hydrogen (secondary N) is 1. The predicted molar refractivity (Wildman–Crippen MR) is 78.2 cm³/mol. The molecule has 0 aliphatic rings. The molecule has 2 rings (SSSR count). The van der Waals surface area contributed by atoms with Gasteiger partial charge in [-0.25, -0.2) is 0 Å². The van der Waals surface area contributed by atoms with Gasteiger partial charge in [-0.3, -0.25) is 9.48 Å². The summed E-state index contributed by atoms with van der Waals surface area (Å²) in [5, 5.41) is 7.90. The lowest BCUT2D eigenvalue weighted by atomic mass is 10.1. The van der Waals surface area contributed by atoms with Gasteiger partial charge in [0.05, 0.1) is 5.69 Å². The number of aromatic nitrogens is 2. The molecular weight excluding hydrogens is 306 g/mol. The Bertz CT molecular complexity index is 575. The first-order chi connectivity index (χ1) is 9.10. The van der Waals surface area contributed by atoms with Crippen LogP contribution in [0.25, 0.3) is 0 Å². The van der Waals surface area contributed by atoms with Gasteiger partial charge in [0.1, 0.15) is 5.69 Å². The van der Waals surface area contributed by atoms with E-state index in [9.17, 15) is 4.79 Å². The summed E-state index contributed by atoms with van der Waals surface area (Å²) in [5.74, 6) is -0.104. The highest BCUT2D eigenvalue weighted by Gasteiger charge is 2.10. The van der Waals surface area contributed by atoms with Crippen LogP contribution in [0, 0.1) is 6.92 Å². The van der Waals surface area contributed by atoms with Gasteiger partial charge in [0, 0.05) is 18.9 Å². The van der Waals surface area contributed by atoms with E-state index in [4.69, 9.17) is 0 Å². The Hall–Kier alpha value is -1.62. The third-order valence-corrected chi connectivity index (χ3v) is 3.51. The molecule has 0 aliphatic heterocycles. The average Bonchev–Trinajstić information content (AvgIpc) is 2.75. The molecule has 1 heterocycles. The van der Waals surface area contributed by atoms with E-state index >= 15 is 0 Å². The van der Waals surface area contributed by atoms with E-state index in [1.165, 1.54) is 5.56 Å². The van der Waals surface area contributed by atoms with Gasteiger partial charge in [-0.05, 0) is 24.1 Å². The van der Waals surface area contributed by atoms with Crippen molar-refractivity contribution in [3.8, 4) is 0 Å². The number of alkyl halides is 1. The van der Waals surface area contributed by atoms with E-state index in [0.717, 1.165) is 16.6 Å². The molecule has 0 aliphatic carbocycles. The maximum absolute atomic E-state index is 12.0. The molecule has 1 amide bonds. The predicted octanol–water partition coefficient (Wildman–Crippen LogP) is 2.55. The van der Waals surface area contributed by atoms with Crippen LogP contribution in [0.3, 0.4) is 0 Å². The standard InChI is InChI=1S/C14H16BrN3O/c1-10-7-13(18(2)17-10)14(19)16-9-12-5-3-11(8-15)4-6-12/h3-7H,8-9H2,1-2H3,(H,16,19). The lowest BCUT2D eigenvalue weighted by molar-refractivity contribution is 0.0941. The number of amides is 1. The Morgan fingerprint density at radius 1 is 1.32 bits per heavy atom. The molecule has 5 heteroatoms. The van der Waals surface area contributed by atoms with Crippen molar-refractivity contribution in [2.75, 3.05) is 0 Å². The Kier molecular flexibility index (Phi) is 4.37. The van der Waals surface area contributed by atoms with Crippen molar-refractivity contribution >= 4 is 21.8 Å². The van der Waals surface area contributed by atoms with Gasteiger partial charge in [0.2, 0.25) is 0 Å². The lowest BCUT2D eigenvalue weighted by Gasteiger charge is -2.06. The smallest absolute Gasteiger partial charge is 0.269 e. The highest BCUT2D eigenvalue weighted by atomic mass is 79.9. The molecule has 1 aromatic carbocycles. The van der Waals surface area contributed by atoms with E-state index in [0.29, 0.717) is 12.2 Å². The van der Waals surface area contributed by atoms with Crippen LogP contribution < -0.4 is 5.32 Å². The van der Waals surface area contributed by atoms with Crippen LogP contribution in [0.15, 0.2) is 30.3 Å². The summed E-state index contributed by atoms with van der Waals surface area (Å²) in [4.78, 5) is 12.0. The number of carbonyl (C=O) groups excluding carboxylic acids is 1. The molecule has 100 valence electrons. The van der Waals surface area contributed by atoms with E-state index in [-0.39, 0.29) is 5.91 Å². The molecule has 4 nitrogen and oxygen atoms in total. The monoisotopic (exact) mass is 321 g/mol. The van der Waals surface area contributed by atoms with Gasteiger partial charge in [-0.15, -0.1) is 0 Å². The SMILES string of the molecule is Cc1cc(C(=O)NCc2ccc(CBr)cc2)n(C)n1. The highest BCUT2D eigenvalue weighted by Crippen LogP contribution is 2.08. The van der Waals surface area contributed by atoms with Gasteiger partial charge in [0.15, 0.2) is 0 Å². The summed E-state index contributed by atoms with van der Waals surface area (Å²) < 4.78 is 1.60. The molecule has 2 aromatic rings. The van der Waals surface area contributed by atoms with Crippen LogP contribution in [0.2, 0.25) is 0 Å². The minimum absolute atomic E-state index is 0.104. The van der Waals surface area contributed by atoms with Crippen molar-refractivity contribution in [2.24, 2.45) is 7.05 Å². The minimum Gasteiger partial charge on any atom is -0.347 e. The summed E-state index contributed by atoms with van der Waals surface area (Å²) in [7, 11) is 1.77. The van der Waals surface area contributed by atoms with Gasteiger partial charge >= 0.3 is 0 Å². The van der Waals surface area contributed by atoms with Crippen molar-refractivity contribution in [3.63, 3.8) is 0 Å². The van der Waals surface area contributed by atoms with Crippen LogP contribution >= 0.6 is 15.9 Å². The van der Waals surface area contributed by atoms with E-state index in [1.807, 2.05) is 31.2 Å². The molecule has 0 atom stereocenters. The molecule has 0 saturated heterocycles. The van der Waals surface area contributed by atoms with Gasteiger partial charge in [-0.2, -0.15) is 5.10 Å². The molecular formula is C14H16BrN3O. The number of carbonyl (C=O) groups is 1. The normalized spacial score (nSPS) is 10.5. The highest BCUT2D eigenvalue weighted by molar-refractivity contribution is 9.08. The summed E-state index contributed by atoms with van der Waals surface area (Å²) in [6, 6.07) is 9.91. The maximum Gasteiger partial charge on any atom is 0.269 e. The Morgan fingerprint density at radius 3 is 2.47 bits per heavy atom. The first-order valence-corrected chi connectivity index (χ1v) is 7.15. The first-order valence-electron chi connectivity index (χ1n) is 6.03. The molecule has 1 N–H and O–H groups in total. The van der Waals surface area contributed by atoms with Crippen molar-refractivity contribution < 1.29 is 4.79 Å². The topological polar surface area (TPSA) is 46.9 Å². The molecule has 1 aromatic heterocycles. The second kappa shape index (κ2) is 6.02. The number of rotatable bonds is 4. The average molecular weight is 322 g/mol. The first kappa shape index (κ1) is 13.8. The molecule has 19 heavy (non-hydrogen) atoms. The summed E-state index contributed by atoms with van der Waals surface area (Å²) in [6.07, 6.45) is 0. The minimum atomic E-state index is -0.104. The number of nitrogens with zero attached hydrogens (tertiary/aromatic N) is 2. The summed E-state index contributed by atoms with van der Waals surface area (Å²) >= 11 is 3.41. The third kappa shape index (κ3) is 3.44. The molecule has 0 saturated carbocycles. The fourth-order valence-corrected chi connectivity index (χ4v) is 2.22. The summed E-state index contributed by atoms with van der Waals surface area (Å²) in [6.45, 7) is 2.39. The van der Waals surface area contributed by atoms with Gasteiger partial charge < -0.3 is 5.32 Å². The van der Waals surface area contributed by atoms with Crippen molar-refractivity contribution in [1.29, 1.82) is 0 Å². The largest absolute Gasteiger partial charge is 0.347 e. The van der Waals surface area contributed by atoms with Crippen LogP contribution in [0.5, 0.6) is 0 Å². The van der Waals surface area contributed by atoms with Gasteiger partial charge in [-0.1, -0.05) is 40.2 Å². The van der Waals surface area contributed by atoms with Crippen LogP contribution in [-0.4, -0.2) is 15.7 Å². The third-order valence-electron chi connectivity index (χ3n) is 2.86. The lowest BCUT2D eigenvalue weighted by Crippen LogP contribution is -2.25. The molecule has 0 bridgehead atoms. The second-order valence-electron chi connectivity index (χ2n) is 4.43. The number of aryl methyl sites for hydroxylation is 2. The van der Waals surface area contributed by atoms with E-state index in [1.54, 1.807) is 17.8 Å². The molecule has 0 fully saturated rings. The fraction of sp³-hybridized carbons (Fsp3) is 0.286. The molecule has 0 radical (unpaired) electrons. The number of hydrogen-bond acceptors (Lipinski definition) is 2. The zero-order valence-electron chi connectivity index (χ0n) is 11.0. The number of hydrogen-bond donors (Lipinski definition) is 1. The molecule has 0 unspecified atom stereocenters. The Balaban J connectivity index is 1.98. The quantitative estimate of drug-likeness (QED) is 0.880.